The molecule has 0 aromatic heterocycles. The Morgan fingerprint density at radius 3 is 2.43 bits per heavy atom. The van der Waals surface area contributed by atoms with Gasteiger partial charge in [0, 0.05) is 43.1 Å². The summed E-state index contributed by atoms with van der Waals surface area (Å²) < 4.78 is 0. The van der Waals surface area contributed by atoms with Crippen molar-refractivity contribution in [1.29, 1.82) is 0 Å². The van der Waals surface area contributed by atoms with Crippen LogP contribution >= 0.6 is 12.2 Å². The molecule has 2 aromatic carbocycles. The van der Waals surface area contributed by atoms with Crippen LogP contribution in [-0.4, -0.2) is 30.7 Å². The molecule has 2 saturated heterocycles. The molecule has 4 rings (SSSR count). The van der Waals surface area contributed by atoms with E-state index in [0.717, 1.165) is 37.4 Å². The first-order valence-electron chi connectivity index (χ1n) is 10.9. The first kappa shape index (κ1) is 20.7. The second-order valence-corrected chi connectivity index (χ2v) is 8.57. The number of hydrogen-bond donors (Lipinski definition) is 2. The zero-order valence-corrected chi connectivity index (χ0v) is 18.4. The molecule has 0 unspecified atom stereocenters. The van der Waals surface area contributed by atoms with E-state index in [1.807, 2.05) is 29.2 Å². The topological polar surface area (TPSA) is 47.6 Å². The molecule has 6 heteroatoms. The maximum atomic E-state index is 12.0. The van der Waals surface area contributed by atoms with Crippen LogP contribution in [0.15, 0.2) is 48.5 Å². The Bertz CT molecular complexity index is 892. The van der Waals surface area contributed by atoms with Gasteiger partial charge in [0.2, 0.25) is 5.91 Å². The van der Waals surface area contributed by atoms with Crippen molar-refractivity contribution in [2.45, 2.75) is 45.1 Å². The van der Waals surface area contributed by atoms with E-state index in [2.05, 4.69) is 46.7 Å². The third kappa shape index (κ3) is 4.93. The SMILES string of the molecule is C[C@@H](NC(=S)Nc1cccc(N2CCCC2=O)c1)c1ccc(N2CCCCC2)cc1. The number of carbonyl (C=O) groups is 1. The predicted molar refractivity (Wildman–Crippen MR) is 128 cm³/mol. The molecular weight excluding hydrogens is 392 g/mol. The van der Waals surface area contributed by atoms with Gasteiger partial charge < -0.3 is 20.4 Å². The van der Waals surface area contributed by atoms with Gasteiger partial charge in [-0.05, 0) is 80.7 Å². The Hall–Kier alpha value is -2.60. The number of hydrogen-bond acceptors (Lipinski definition) is 3. The predicted octanol–water partition coefficient (Wildman–Crippen LogP) is 4.85. The molecular formula is C24H30N4OS. The fourth-order valence-electron chi connectivity index (χ4n) is 4.25. The quantitative estimate of drug-likeness (QED) is 0.675. The molecule has 0 radical (unpaired) electrons. The molecule has 1 atom stereocenters. The van der Waals surface area contributed by atoms with Gasteiger partial charge in [-0.25, -0.2) is 0 Å². The van der Waals surface area contributed by atoms with Gasteiger partial charge in [-0.15, -0.1) is 0 Å². The van der Waals surface area contributed by atoms with Crippen molar-refractivity contribution in [2.24, 2.45) is 0 Å². The number of anilines is 3. The lowest BCUT2D eigenvalue weighted by Gasteiger charge is -2.29. The highest BCUT2D eigenvalue weighted by atomic mass is 32.1. The largest absolute Gasteiger partial charge is 0.372 e. The van der Waals surface area contributed by atoms with Crippen LogP contribution in [0.3, 0.4) is 0 Å². The van der Waals surface area contributed by atoms with Crippen LogP contribution in [-0.2, 0) is 4.79 Å². The van der Waals surface area contributed by atoms with Crippen LogP contribution in [0.4, 0.5) is 17.1 Å². The first-order chi connectivity index (χ1) is 14.6. The van der Waals surface area contributed by atoms with Crippen LogP contribution in [0, 0.1) is 0 Å². The number of benzene rings is 2. The van der Waals surface area contributed by atoms with Gasteiger partial charge in [-0.2, -0.15) is 0 Å². The Labute approximate surface area is 184 Å². The van der Waals surface area contributed by atoms with E-state index in [-0.39, 0.29) is 11.9 Å². The lowest BCUT2D eigenvalue weighted by atomic mass is 10.1. The van der Waals surface area contributed by atoms with Gasteiger partial charge in [-0.3, -0.25) is 4.79 Å². The molecule has 2 heterocycles. The molecule has 0 spiro atoms. The second-order valence-electron chi connectivity index (χ2n) is 8.16. The van der Waals surface area contributed by atoms with E-state index in [4.69, 9.17) is 12.2 Å². The summed E-state index contributed by atoms with van der Waals surface area (Å²) in [5.74, 6) is 0.189. The molecule has 158 valence electrons. The maximum Gasteiger partial charge on any atom is 0.227 e. The van der Waals surface area contributed by atoms with E-state index in [1.165, 1.54) is 30.5 Å². The van der Waals surface area contributed by atoms with E-state index in [0.29, 0.717) is 11.5 Å². The number of amides is 1. The van der Waals surface area contributed by atoms with E-state index in [9.17, 15) is 4.79 Å². The molecule has 2 aliphatic heterocycles. The zero-order valence-electron chi connectivity index (χ0n) is 17.6. The number of carbonyl (C=O) groups excluding carboxylic acids is 1. The van der Waals surface area contributed by atoms with Crippen LogP contribution in [0.5, 0.6) is 0 Å². The minimum Gasteiger partial charge on any atom is -0.372 e. The fourth-order valence-corrected chi connectivity index (χ4v) is 4.54. The average Bonchev–Trinajstić information content (AvgIpc) is 3.20. The number of rotatable bonds is 5. The average molecular weight is 423 g/mol. The van der Waals surface area contributed by atoms with E-state index < -0.39 is 0 Å². The van der Waals surface area contributed by atoms with E-state index in [1.54, 1.807) is 0 Å². The Balaban J connectivity index is 1.34. The van der Waals surface area contributed by atoms with Crippen LogP contribution in [0.25, 0.3) is 0 Å². The fraction of sp³-hybridized carbons (Fsp3) is 0.417. The lowest BCUT2D eigenvalue weighted by molar-refractivity contribution is -0.117. The van der Waals surface area contributed by atoms with Crippen LogP contribution < -0.4 is 20.4 Å². The van der Waals surface area contributed by atoms with Gasteiger partial charge in [0.05, 0.1) is 6.04 Å². The van der Waals surface area contributed by atoms with Gasteiger partial charge in [0.15, 0.2) is 5.11 Å². The summed E-state index contributed by atoms with van der Waals surface area (Å²) in [6.07, 6.45) is 5.47. The van der Waals surface area contributed by atoms with E-state index >= 15 is 0 Å². The maximum absolute atomic E-state index is 12.0. The number of thiocarbonyl (C=S) groups is 1. The van der Waals surface area contributed by atoms with Gasteiger partial charge in [-0.1, -0.05) is 18.2 Å². The summed E-state index contributed by atoms with van der Waals surface area (Å²) in [7, 11) is 0. The molecule has 2 aromatic rings. The van der Waals surface area contributed by atoms with Crippen molar-refractivity contribution >= 4 is 40.3 Å². The third-order valence-electron chi connectivity index (χ3n) is 5.95. The standard InChI is InChI=1S/C24H30N4OS/c1-18(19-10-12-21(13-11-19)27-14-3-2-4-15-27)25-24(30)26-20-7-5-8-22(17-20)28-16-6-9-23(28)29/h5,7-8,10-13,17-18H,2-4,6,9,14-16H2,1H3,(H2,25,26,30)/t18-/m1/s1. The minimum absolute atomic E-state index is 0.101. The van der Waals surface area contributed by atoms with Crippen LogP contribution in [0.1, 0.15) is 50.6 Å². The van der Waals surface area contributed by atoms with Gasteiger partial charge >= 0.3 is 0 Å². The normalized spacial score (nSPS) is 17.7. The highest BCUT2D eigenvalue weighted by Crippen LogP contribution is 2.25. The molecule has 2 N–H and O–H groups in total. The van der Waals surface area contributed by atoms with Crippen molar-refractivity contribution in [3.8, 4) is 0 Å². The summed E-state index contributed by atoms with van der Waals surface area (Å²) in [6.45, 7) is 5.21. The summed E-state index contributed by atoms with van der Waals surface area (Å²) in [6, 6.07) is 16.8. The molecule has 30 heavy (non-hydrogen) atoms. The number of nitrogens with one attached hydrogen (secondary N) is 2. The zero-order chi connectivity index (χ0) is 20.9. The third-order valence-corrected chi connectivity index (χ3v) is 6.17. The number of nitrogens with zero attached hydrogens (tertiary/aromatic N) is 2. The summed E-state index contributed by atoms with van der Waals surface area (Å²) >= 11 is 5.53. The van der Waals surface area contributed by atoms with Gasteiger partial charge in [0.25, 0.3) is 0 Å². The van der Waals surface area contributed by atoms with Crippen molar-refractivity contribution in [2.75, 3.05) is 34.8 Å². The Morgan fingerprint density at radius 1 is 0.967 bits per heavy atom. The smallest absolute Gasteiger partial charge is 0.227 e. The molecule has 0 bridgehead atoms. The number of piperidine rings is 1. The van der Waals surface area contributed by atoms with Crippen molar-refractivity contribution in [3.05, 3.63) is 54.1 Å². The molecule has 2 aliphatic rings. The second kappa shape index (κ2) is 9.47. The molecule has 0 saturated carbocycles. The van der Waals surface area contributed by atoms with Crippen molar-refractivity contribution in [1.82, 2.24) is 5.32 Å². The summed E-state index contributed by atoms with van der Waals surface area (Å²) in [4.78, 5) is 16.3. The molecule has 0 aliphatic carbocycles. The lowest BCUT2D eigenvalue weighted by Crippen LogP contribution is -2.31. The minimum atomic E-state index is 0.101. The monoisotopic (exact) mass is 422 g/mol. The highest BCUT2D eigenvalue weighted by Gasteiger charge is 2.21. The van der Waals surface area contributed by atoms with Crippen LogP contribution in [0.2, 0.25) is 0 Å². The molecule has 2 fully saturated rings. The summed E-state index contributed by atoms with van der Waals surface area (Å²) in [5, 5.41) is 7.20. The molecule has 1 amide bonds. The van der Waals surface area contributed by atoms with Gasteiger partial charge in [0.1, 0.15) is 0 Å². The first-order valence-corrected chi connectivity index (χ1v) is 11.3. The molecule has 5 nitrogen and oxygen atoms in total. The highest BCUT2D eigenvalue weighted by molar-refractivity contribution is 7.80. The Morgan fingerprint density at radius 2 is 1.73 bits per heavy atom. The van der Waals surface area contributed by atoms with Crippen molar-refractivity contribution < 1.29 is 4.79 Å². The Kier molecular flexibility index (Phi) is 6.53. The van der Waals surface area contributed by atoms with Crippen molar-refractivity contribution in [3.63, 3.8) is 0 Å². The summed E-state index contributed by atoms with van der Waals surface area (Å²) in [5.41, 5.74) is 4.32.